The SMILES string of the molecule is COc1cc2nn([C@H]3CC[C@H](CN(C)C4CCN(c5cccc6c5C(=O)N(C5CCC(=O)NC5=O)C6=O)CC4)CC3)cc2cc1NC(=O)c1cccc(C(F)(F)F)n1. The average molecular weight is 801 g/mol. The second-order valence-corrected chi connectivity index (χ2v) is 15.6. The molecule has 1 unspecified atom stereocenters. The topological polar surface area (TPSA) is 159 Å². The van der Waals surface area contributed by atoms with Crippen molar-refractivity contribution in [3.8, 4) is 5.75 Å². The number of benzene rings is 2. The molecule has 1 saturated carbocycles. The second kappa shape index (κ2) is 15.5. The van der Waals surface area contributed by atoms with Gasteiger partial charge >= 0.3 is 6.18 Å². The van der Waals surface area contributed by atoms with Crippen LogP contribution < -0.4 is 20.3 Å². The molecule has 0 radical (unpaired) electrons. The van der Waals surface area contributed by atoms with Crippen molar-refractivity contribution in [3.05, 3.63) is 77.2 Å². The molecule has 2 saturated heterocycles. The molecule has 0 spiro atoms. The number of ether oxygens (including phenoxy) is 1. The van der Waals surface area contributed by atoms with E-state index < -0.39 is 47.4 Å². The maximum atomic E-state index is 13.7. The van der Waals surface area contributed by atoms with Gasteiger partial charge in [0.05, 0.1) is 41.2 Å². The molecule has 5 heterocycles. The number of rotatable bonds is 9. The fraction of sp³-hybridized carbons (Fsp3) is 0.439. The van der Waals surface area contributed by atoms with E-state index in [0.29, 0.717) is 53.3 Å². The molecule has 5 amide bonds. The van der Waals surface area contributed by atoms with E-state index in [9.17, 15) is 37.1 Å². The molecular weight excluding hydrogens is 757 g/mol. The zero-order valence-electron chi connectivity index (χ0n) is 32.1. The quantitative estimate of drug-likeness (QED) is 0.209. The van der Waals surface area contributed by atoms with Crippen LogP contribution in [0, 0.1) is 5.92 Å². The first kappa shape index (κ1) is 39.0. The van der Waals surface area contributed by atoms with Gasteiger partial charge in [0.1, 0.15) is 23.2 Å². The molecule has 4 aromatic rings. The molecule has 3 aliphatic heterocycles. The number of hydrogen-bond acceptors (Lipinski definition) is 10. The average Bonchev–Trinajstić information content (AvgIpc) is 3.74. The Hall–Kier alpha value is -5.84. The number of piperidine rings is 2. The van der Waals surface area contributed by atoms with Crippen molar-refractivity contribution in [1.82, 2.24) is 29.9 Å². The predicted octanol–water partition coefficient (Wildman–Crippen LogP) is 5.44. The summed E-state index contributed by atoms with van der Waals surface area (Å²) in [5, 5.41) is 10.5. The van der Waals surface area contributed by atoms with Gasteiger partial charge in [-0.1, -0.05) is 12.1 Å². The summed E-state index contributed by atoms with van der Waals surface area (Å²) in [6.45, 7) is 2.38. The zero-order valence-corrected chi connectivity index (χ0v) is 32.1. The molecule has 3 fully saturated rings. The Balaban J connectivity index is 0.850. The fourth-order valence-corrected chi connectivity index (χ4v) is 8.89. The lowest BCUT2D eigenvalue weighted by atomic mass is 9.85. The predicted molar refractivity (Wildman–Crippen MR) is 205 cm³/mol. The summed E-state index contributed by atoms with van der Waals surface area (Å²) in [6, 6.07) is 11.4. The number of halogens is 3. The maximum Gasteiger partial charge on any atom is 0.433 e. The Kier molecular flexibility index (Phi) is 10.4. The summed E-state index contributed by atoms with van der Waals surface area (Å²) in [5.74, 6) is -1.99. The van der Waals surface area contributed by atoms with Crippen LogP contribution in [0.1, 0.15) is 94.3 Å². The highest BCUT2D eigenvalue weighted by Crippen LogP contribution is 2.38. The van der Waals surface area contributed by atoms with Crippen molar-refractivity contribution in [2.24, 2.45) is 5.92 Å². The Bertz CT molecular complexity index is 2300. The first-order valence-corrected chi connectivity index (χ1v) is 19.5. The fourth-order valence-electron chi connectivity index (χ4n) is 8.89. The number of imide groups is 2. The number of methoxy groups -OCH3 is 1. The summed E-state index contributed by atoms with van der Waals surface area (Å²) < 4.78 is 47.0. The molecule has 1 aliphatic carbocycles. The van der Waals surface area contributed by atoms with Crippen molar-refractivity contribution in [2.75, 3.05) is 44.0 Å². The van der Waals surface area contributed by atoms with Gasteiger partial charge in [-0.25, -0.2) is 4.98 Å². The van der Waals surface area contributed by atoms with Crippen molar-refractivity contribution in [3.63, 3.8) is 0 Å². The third-order valence-corrected chi connectivity index (χ3v) is 12.0. The van der Waals surface area contributed by atoms with Gasteiger partial charge in [-0.3, -0.25) is 38.9 Å². The summed E-state index contributed by atoms with van der Waals surface area (Å²) in [7, 11) is 3.61. The first-order chi connectivity index (χ1) is 27.8. The van der Waals surface area contributed by atoms with E-state index in [1.54, 1.807) is 24.3 Å². The number of carbonyl (C=O) groups excluding carboxylic acids is 5. The van der Waals surface area contributed by atoms with E-state index in [1.807, 2.05) is 16.9 Å². The lowest BCUT2D eigenvalue weighted by Gasteiger charge is -2.40. The van der Waals surface area contributed by atoms with Crippen LogP contribution in [-0.2, 0) is 15.8 Å². The molecule has 2 N–H and O–H groups in total. The highest BCUT2D eigenvalue weighted by atomic mass is 19.4. The van der Waals surface area contributed by atoms with Gasteiger partial charge in [0, 0.05) is 49.7 Å². The monoisotopic (exact) mass is 800 g/mol. The molecule has 304 valence electrons. The lowest BCUT2D eigenvalue weighted by Crippen LogP contribution is -2.54. The summed E-state index contributed by atoms with van der Waals surface area (Å²) in [5.41, 5.74) is 0.752. The normalized spacial score (nSPS) is 21.8. The minimum atomic E-state index is -4.68. The smallest absolute Gasteiger partial charge is 0.433 e. The van der Waals surface area contributed by atoms with Gasteiger partial charge in [-0.05, 0) is 88.2 Å². The van der Waals surface area contributed by atoms with Crippen LogP contribution in [0.3, 0.4) is 0 Å². The van der Waals surface area contributed by atoms with Crippen molar-refractivity contribution < 1.29 is 41.9 Å². The Labute approximate surface area is 331 Å². The largest absolute Gasteiger partial charge is 0.494 e. The van der Waals surface area contributed by atoms with Crippen molar-refractivity contribution in [2.45, 2.75) is 75.7 Å². The van der Waals surface area contributed by atoms with Crippen LogP contribution >= 0.6 is 0 Å². The number of nitrogens with one attached hydrogen (secondary N) is 2. The molecule has 4 aliphatic rings. The molecule has 0 bridgehead atoms. The van der Waals surface area contributed by atoms with Crippen LogP contribution in [-0.4, -0.2) is 100.0 Å². The van der Waals surface area contributed by atoms with E-state index in [4.69, 9.17) is 9.84 Å². The van der Waals surface area contributed by atoms with Crippen LogP contribution in [0.25, 0.3) is 10.9 Å². The highest BCUT2D eigenvalue weighted by Gasteiger charge is 2.46. The van der Waals surface area contributed by atoms with E-state index in [0.717, 1.165) is 67.5 Å². The molecule has 8 rings (SSSR count). The standard InChI is InChI=1S/C41H43F3N8O6/c1-49(25-15-17-50(18-16-25)31-7-3-5-27-36(31)40(57)52(39(27)56)32-13-14-35(53)47-38(32)55)21-23-9-11-26(12-10-23)51-22-24-19-30(33(58-2)20-29(24)48-51)46-37(54)28-6-4-8-34(45-28)41(42,43)44/h3-8,19-20,22-23,25-26,32H,9-18,21H2,1-2H3,(H,46,54)(H,47,53,55)/t23-,26-,32?. The number of carbonyl (C=O) groups is 5. The number of aromatic nitrogens is 3. The number of anilines is 2. The number of hydrogen-bond donors (Lipinski definition) is 2. The summed E-state index contributed by atoms with van der Waals surface area (Å²) in [6.07, 6.45) is 3.13. The van der Waals surface area contributed by atoms with Crippen LogP contribution in [0.2, 0.25) is 0 Å². The van der Waals surface area contributed by atoms with Gasteiger partial charge < -0.3 is 19.9 Å². The molecule has 14 nitrogen and oxygen atoms in total. The lowest BCUT2D eigenvalue weighted by molar-refractivity contribution is -0.141. The molecule has 1 atom stereocenters. The van der Waals surface area contributed by atoms with Gasteiger partial charge in [0.15, 0.2) is 0 Å². The van der Waals surface area contributed by atoms with E-state index in [1.165, 1.54) is 13.2 Å². The van der Waals surface area contributed by atoms with Gasteiger partial charge in [-0.2, -0.15) is 18.3 Å². The number of nitrogens with zero attached hydrogens (tertiary/aromatic N) is 6. The summed E-state index contributed by atoms with van der Waals surface area (Å²) in [4.78, 5) is 73.2. The molecular formula is C41H43F3N8O6. The third-order valence-electron chi connectivity index (χ3n) is 12.0. The van der Waals surface area contributed by atoms with E-state index >= 15 is 0 Å². The van der Waals surface area contributed by atoms with Gasteiger partial charge in [-0.15, -0.1) is 0 Å². The Morgan fingerprint density at radius 1 is 0.966 bits per heavy atom. The van der Waals surface area contributed by atoms with Crippen molar-refractivity contribution in [1.29, 1.82) is 0 Å². The molecule has 58 heavy (non-hydrogen) atoms. The zero-order chi connectivity index (χ0) is 40.9. The van der Waals surface area contributed by atoms with E-state index in [-0.39, 0.29) is 30.1 Å². The number of pyridine rings is 1. The minimum Gasteiger partial charge on any atom is -0.494 e. The summed E-state index contributed by atoms with van der Waals surface area (Å²) >= 11 is 0. The maximum absolute atomic E-state index is 13.7. The molecule has 2 aromatic heterocycles. The van der Waals surface area contributed by atoms with Crippen LogP contribution in [0.15, 0.2) is 54.7 Å². The number of fused-ring (bicyclic) bond motifs is 2. The Morgan fingerprint density at radius 3 is 2.41 bits per heavy atom. The minimum absolute atomic E-state index is 0.0700. The highest BCUT2D eigenvalue weighted by molar-refractivity contribution is 6.25. The third kappa shape index (κ3) is 7.50. The van der Waals surface area contributed by atoms with Gasteiger partial charge in [0.2, 0.25) is 11.8 Å². The van der Waals surface area contributed by atoms with Crippen LogP contribution in [0.4, 0.5) is 24.5 Å². The first-order valence-electron chi connectivity index (χ1n) is 19.5. The second-order valence-electron chi connectivity index (χ2n) is 15.6. The van der Waals surface area contributed by atoms with Crippen LogP contribution in [0.5, 0.6) is 5.75 Å². The van der Waals surface area contributed by atoms with Crippen molar-refractivity contribution >= 4 is 51.8 Å². The van der Waals surface area contributed by atoms with Gasteiger partial charge in [0.25, 0.3) is 17.7 Å². The van der Waals surface area contributed by atoms with E-state index in [2.05, 4.69) is 32.5 Å². The molecule has 17 heteroatoms. The number of alkyl halides is 3. The Morgan fingerprint density at radius 2 is 1.71 bits per heavy atom. The molecule has 2 aromatic carbocycles. The number of amides is 5.